The Bertz CT molecular complexity index is 531. The van der Waals surface area contributed by atoms with Crippen molar-refractivity contribution in [2.75, 3.05) is 0 Å². The van der Waals surface area contributed by atoms with Gasteiger partial charge < -0.3 is 5.32 Å². The Morgan fingerprint density at radius 3 is 2.48 bits per heavy atom. The highest BCUT2D eigenvalue weighted by Crippen LogP contribution is 2.15. The lowest BCUT2D eigenvalue weighted by molar-refractivity contribution is 0.566. The van der Waals surface area contributed by atoms with Crippen molar-refractivity contribution in [2.45, 2.75) is 52.6 Å². The average molecular weight is 283 g/mol. The molecule has 3 heteroatoms. The van der Waals surface area contributed by atoms with Crippen LogP contribution in [0.15, 0.2) is 36.7 Å². The van der Waals surface area contributed by atoms with Gasteiger partial charge in [-0.3, -0.25) is 9.97 Å². The second kappa shape index (κ2) is 7.89. The second-order valence-electron chi connectivity index (χ2n) is 5.60. The molecule has 3 nitrogen and oxygen atoms in total. The van der Waals surface area contributed by atoms with E-state index in [2.05, 4.69) is 53.4 Å². The Morgan fingerprint density at radius 2 is 1.86 bits per heavy atom. The summed E-state index contributed by atoms with van der Waals surface area (Å²) in [4.78, 5) is 8.63. The van der Waals surface area contributed by atoms with Crippen molar-refractivity contribution in [3.63, 3.8) is 0 Å². The molecule has 1 unspecified atom stereocenters. The van der Waals surface area contributed by atoms with Crippen molar-refractivity contribution >= 4 is 0 Å². The maximum atomic E-state index is 4.37. The Hall–Kier alpha value is -1.74. The minimum atomic E-state index is 0.313. The normalized spacial score (nSPS) is 12.3. The smallest absolute Gasteiger partial charge is 0.0724 e. The minimum Gasteiger partial charge on any atom is -0.305 e. The molecule has 0 aliphatic carbocycles. The van der Waals surface area contributed by atoms with Crippen LogP contribution in [0.2, 0.25) is 0 Å². The summed E-state index contributed by atoms with van der Waals surface area (Å²) >= 11 is 0. The van der Waals surface area contributed by atoms with Gasteiger partial charge in [-0.05, 0) is 37.8 Å². The number of hydrogen-bond donors (Lipinski definition) is 1. The summed E-state index contributed by atoms with van der Waals surface area (Å²) < 4.78 is 0. The van der Waals surface area contributed by atoms with Gasteiger partial charge in [0.15, 0.2) is 0 Å². The van der Waals surface area contributed by atoms with Crippen LogP contribution in [0, 0.1) is 6.92 Å². The van der Waals surface area contributed by atoms with E-state index in [0.29, 0.717) is 6.04 Å². The van der Waals surface area contributed by atoms with Gasteiger partial charge in [0.05, 0.1) is 11.4 Å². The fourth-order valence-corrected chi connectivity index (χ4v) is 2.24. The first kappa shape index (κ1) is 15.6. The average Bonchev–Trinajstić information content (AvgIpc) is 2.52. The summed E-state index contributed by atoms with van der Waals surface area (Å²) in [6, 6.07) is 9.25. The molecule has 1 N–H and O–H groups in total. The predicted octanol–water partition coefficient (Wildman–Crippen LogP) is 3.98. The van der Waals surface area contributed by atoms with Gasteiger partial charge in [0.1, 0.15) is 0 Å². The number of hydrogen-bond acceptors (Lipinski definition) is 3. The van der Waals surface area contributed by atoms with Gasteiger partial charge >= 0.3 is 0 Å². The van der Waals surface area contributed by atoms with Crippen LogP contribution in [0.4, 0.5) is 0 Å². The van der Waals surface area contributed by atoms with E-state index in [1.807, 2.05) is 19.3 Å². The fraction of sp³-hybridized carbons (Fsp3) is 0.444. The lowest BCUT2D eigenvalue weighted by Crippen LogP contribution is -2.19. The maximum Gasteiger partial charge on any atom is 0.0724 e. The zero-order valence-electron chi connectivity index (χ0n) is 13.3. The zero-order chi connectivity index (χ0) is 15.1. The van der Waals surface area contributed by atoms with Crippen LogP contribution in [-0.2, 0) is 13.0 Å². The molecule has 1 aromatic carbocycles. The minimum absolute atomic E-state index is 0.313. The number of nitrogens with zero attached hydrogens (tertiary/aromatic N) is 2. The van der Waals surface area contributed by atoms with E-state index in [9.17, 15) is 0 Å². The van der Waals surface area contributed by atoms with Crippen LogP contribution in [0.25, 0.3) is 0 Å². The molecular weight excluding hydrogens is 258 g/mol. The third-order valence-electron chi connectivity index (χ3n) is 3.72. The molecule has 112 valence electrons. The molecule has 0 spiro atoms. The Morgan fingerprint density at radius 1 is 1.10 bits per heavy atom. The van der Waals surface area contributed by atoms with Crippen LogP contribution in [0.3, 0.4) is 0 Å². The van der Waals surface area contributed by atoms with Gasteiger partial charge in [-0.25, -0.2) is 0 Å². The highest BCUT2D eigenvalue weighted by molar-refractivity contribution is 5.24. The highest BCUT2D eigenvalue weighted by atomic mass is 14.9. The summed E-state index contributed by atoms with van der Waals surface area (Å²) in [5, 5.41) is 3.49. The maximum absolute atomic E-state index is 4.37. The van der Waals surface area contributed by atoms with Crippen molar-refractivity contribution in [1.29, 1.82) is 0 Å². The molecule has 0 fully saturated rings. The first-order chi connectivity index (χ1) is 10.2. The number of benzene rings is 1. The molecule has 0 saturated heterocycles. The summed E-state index contributed by atoms with van der Waals surface area (Å²) in [6.07, 6.45) is 7.33. The standard InChI is InChI=1S/C18H25N3/c1-4-5-6-16-7-9-17(10-8-16)15(3)20-13-18-12-19-14(2)11-21-18/h7-12,15,20H,4-6,13H2,1-3H3. The van der Waals surface area contributed by atoms with Crippen molar-refractivity contribution in [2.24, 2.45) is 0 Å². The molecule has 2 aromatic rings. The molecule has 0 aliphatic heterocycles. The fourth-order valence-electron chi connectivity index (χ4n) is 2.24. The molecular formula is C18H25N3. The molecule has 2 rings (SSSR count). The van der Waals surface area contributed by atoms with E-state index in [1.165, 1.54) is 30.4 Å². The largest absolute Gasteiger partial charge is 0.305 e. The van der Waals surface area contributed by atoms with Crippen LogP contribution < -0.4 is 5.32 Å². The van der Waals surface area contributed by atoms with Crippen LogP contribution in [-0.4, -0.2) is 9.97 Å². The van der Waals surface area contributed by atoms with Crippen molar-refractivity contribution in [3.05, 3.63) is 59.2 Å². The SMILES string of the molecule is CCCCc1ccc(C(C)NCc2cnc(C)cn2)cc1. The van der Waals surface area contributed by atoms with Crippen LogP contribution in [0.1, 0.15) is 55.2 Å². The van der Waals surface area contributed by atoms with Gasteiger partial charge in [-0.15, -0.1) is 0 Å². The number of rotatable bonds is 7. The highest BCUT2D eigenvalue weighted by Gasteiger charge is 2.05. The van der Waals surface area contributed by atoms with Gasteiger partial charge in [0, 0.05) is 25.0 Å². The van der Waals surface area contributed by atoms with Crippen molar-refractivity contribution in [1.82, 2.24) is 15.3 Å². The van der Waals surface area contributed by atoms with E-state index in [4.69, 9.17) is 0 Å². The quantitative estimate of drug-likeness (QED) is 0.835. The van der Waals surface area contributed by atoms with Gasteiger partial charge in [-0.2, -0.15) is 0 Å². The zero-order valence-corrected chi connectivity index (χ0v) is 13.3. The molecule has 0 aliphatic rings. The van der Waals surface area contributed by atoms with Crippen LogP contribution in [0.5, 0.6) is 0 Å². The lowest BCUT2D eigenvalue weighted by Gasteiger charge is -2.14. The molecule has 1 heterocycles. The van der Waals surface area contributed by atoms with E-state index < -0.39 is 0 Å². The molecule has 0 saturated carbocycles. The summed E-state index contributed by atoms with van der Waals surface area (Å²) in [6.45, 7) is 7.11. The number of aromatic nitrogens is 2. The molecule has 21 heavy (non-hydrogen) atoms. The first-order valence-corrected chi connectivity index (χ1v) is 7.78. The first-order valence-electron chi connectivity index (χ1n) is 7.78. The number of unbranched alkanes of at least 4 members (excludes halogenated alkanes) is 1. The topological polar surface area (TPSA) is 37.8 Å². The van der Waals surface area contributed by atoms with Crippen LogP contribution >= 0.6 is 0 Å². The molecule has 1 aromatic heterocycles. The predicted molar refractivity (Wildman–Crippen MR) is 87.1 cm³/mol. The van der Waals surface area contributed by atoms with Gasteiger partial charge in [0.2, 0.25) is 0 Å². The summed E-state index contributed by atoms with van der Waals surface area (Å²) in [5.41, 5.74) is 4.68. The lowest BCUT2D eigenvalue weighted by atomic mass is 10.0. The van der Waals surface area contributed by atoms with E-state index in [-0.39, 0.29) is 0 Å². The number of nitrogens with one attached hydrogen (secondary N) is 1. The van der Waals surface area contributed by atoms with Crippen molar-refractivity contribution in [3.8, 4) is 0 Å². The van der Waals surface area contributed by atoms with Gasteiger partial charge in [-0.1, -0.05) is 37.6 Å². The third kappa shape index (κ3) is 4.94. The summed E-state index contributed by atoms with van der Waals surface area (Å²) in [5.74, 6) is 0. The van der Waals surface area contributed by atoms with Crippen molar-refractivity contribution < 1.29 is 0 Å². The molecule has 0 amide bonds. The van der Waals surface area contributed by atoms with E-state index >= 15 is 0 Å². The molecule has 1 atom stereocenters. The third-order valence-corrected chi connectivity index (χ3v) is 3.72. The van der Waals surface area contributed by atoms with Gasteiger partial charge in [0.25, 0.3) is 0 Å². The Labute approximate surface area is 127 Å². The Kier molecular flexibility index (Phi) is 5.88. The van der Waals surface area contributed by atoms with E-state index in [1.54, 1.807) is 0 Å². The molecule has 0 bridgehead atoms. The van der Waals surface area contributed by atoms with E-state index in [0.717, 1.165) is 17.9 Å². The second-order valence-corrected chi connectivity index (χ2v) is 5.60. The monoisotopic (exact) mass is 283 g/mol. The Balaban J connectivity index is 1.87. The number of aryl methyl sites for hydroxylation is 2. The summed E-state index contributed by atoms with van der Waals surface area (Å²) in [7, 11) is 0. The molecule has 0 radical (unpaired) electrons.